The summed E-state index contributed by atoms with van der Waals surface area (Å²) in [5.74, 6) is -0.0819. The molecule has 1 saturated carbocycles. The number of nitrogens with one attached hydrogen (secondary N) is 1. The lowest BCUT2D eigenvalue weighted by atomic mass is 9.69. The molecule has 0 radical (unpaired) electrons. The highest BCUT2D eigenvalue weighted by atomic mass is 16.2. The average Bonchev–Trinajstić information content (AvgIpc) is 3.55. The summed E-state index contributed by atoms with van der Waals surface area (Å²) in [4.78, 5) is 57.6. The number of carbonyl (C=O) groups is 4. The van der Waals surface area contributed by atoms with E-state index >= 15 is 0 Å². The van der Waals surface area contributed by atoms with Gasteiger partial charge >= 0.3 is 0 Å². The monoisotopic (exact) mass is 605 g/mol. The van der Waals surface area contributed by atoms with Crippen LogP contribution < -0.4 is 10.2 Å². The van der Waals surface area contributed by atoms with Gasteiger partial charge in [0.25, 0.3) is 5.91 Å². The highest BCUT2D eigenvalue weighted by Crippen LogP contribution is 2.44. The van der Waals surface area contributed by atoms with Gasteiger partial charge < -0.3 is 14.4 Å². The van der Waals surface area contributed by atoms with Crippen LogP contribution in [0.25, 0.3) is 21.7 Å². The molecule has 232 valence electrons. The van der Waals surface area contributed by atoms with Crippen LogP contribution in [0.3, 0.4) is 0 Å². The molecule has 4 heterocycles. The molecule has 2 aromatic carbocycles. The van der Waals surface area contributed by atoms with Gasteiger partial charge in [-0.15, -0.1) is 0 Å². The van der Waals surface area contributed by atoms with E-state index in [2.05, 4.69) is 51.1 Å². The van der Waals surface area contributed by atoms with E-state index in [1.807, 2.05) is 37.5 Å². The van der Waals surface area contributed by atoms with Crippen molar-refractivity contribution in [3.8, 4) is 0 Å². The van der Waals surface area contributed by atoms with Crippen LogP contribution in [-0.2, 0) is 20.8 Å². The Morgan fingerprint density at radius 1 is 1.09 bits per heavy atom. The van der Waals surface area contributed by atoms with E-state index in [1.165, 1.54) is 10.9 Å². The van der Waals surface area contributed by atoms with Gasteiger partial charge in [-0.2, -0.15) is 0 Å². The molecule has 45 heavy (non-hydrogen) atoms. The molecule has 0 bridgehead atoms. The van der Waals surface area contributed by atoms with E-state index in [1.54, 1.807) is 4.90 Å². The van der Waals surface area contributed by atoms with Gasteiger partial charge in [0, 0.05) is 72.2 Å². The van der Waals surface area contributed by atoms with Gasteiger partial charge in [-0.1, -0.05) is 31.5 Å². The molecule has 2 fully saturated rings. The predicted molar refractivity (Wildman–Crippen MR) is 173 cm³/mol. The maximum Gasteiger partial charge on any atom is 0.259 e. The van der Waals surface area contributed by atoms with Crippen LogP contribution in [0, 0.1) is 5.41 Å². The molecule has 1 saturated heterocycles. The van der Waals surface area contributed by atoms with Gasteiger partial charge in [0.15, 0.2) is 0 Å². The third-order valence-electron chi connectivity index (χ3n) is 10.5. The number of carbonyl (C=O) groups excluding carboxylic acids is 4. The van der Waals surface area contributed by atoms with Gasteiger partial charge in [-0.25, -0.2) is 0 Å². The van der Waals surface area contributed by atoms with Gasteiger partial charge in [0.2, 0.25) is 18.2 Å². The van der Waals surface area contributed by atoms with Gasteiger partial charge in [-0.3, -0.25) is 29.5 Å². The summed E-state index contributed by atoms with van der Waals surface area (Å²) in [5.41, 5.74) is 4.86. The Kier molecular flexibility index (Phi) is 7.42. The molecule has 9 nitrogen and oxygen atoms in total. The summed E-state index contributed by atoms with van der Waals surface area (Å²) in [6.45, 7) is 5.63. The first-order valence-electron chi connectivity index (χ1n) is 16.1. The number of imide groups is 1. The van der Waals surface area contributed by atoms with Crippen LogP contribution in [0.15, 0.2) is 55.0 Å². The third-order valence-corrected chi connectivity index (χ3v) is 10.5. The molecule has 0 spiro atoms. The van der Waals surface area contributed by atoms with Gasteiger partial charge in [-0.05, 0) is 73.7 Å². The summed E-state index contributed by atoms with van der Waals surface area (Å²) in [6.07, 6.45) is 12.8. The maximum absolute atomic E-state index is 13.6. The zero-order valence-corrected chi connectivity index (χ0v) is 25.9. The van der Waals surface area contributed by atoms with Crippen molar-refractivity contribution in [3.05, 3.63) is 71.7 Å². The van der Waals surface area contributed by atoms with Crippen molar-refractivity contribution in [3.63, 3.8) is 0 Å². The lowest BCUT2D eigenvalue weighted by Crippen LogP contribution is -2.49. The lowest BCUT2D eigenvalue weighted by molar-refractivity contribution is -0.147. The predicted octanol–water partition coefficient (Wildman–Crippen LogP) is 5.54. The summed E-state index contributed by atoms with van der Waals surface area (Å²) in [5, 5.41) is 5.36. The zero-order valence-electron chi connectivity index (χ0n) is 25.9. The minimum Gasteiger partial charge on any atom is -0.343 e. The smallest absolute Gasteiger partial charge is 0.259 e. The fourth-order valence-electron chi connectivity index (χ4n) is 7.73. The lowest BCUT2D eigenvalue weighted by Gasteiger charge is -2.43. The summed E-state index contributed by atoms with van der Waals surface area (Å²) >= 11 is 0. The zero-order chi connectivity index (χ0) is 31.3. The normalized spacial score (nSPS) is 18.3. The topological polar surface area (TPSA) is 105 Å². The summed E-state index contributed by atoms with van der Waals surface area (Å²) in [7, 11) is 0. The molecule has 4 amide bonds. The van der Waals surface area contributed by atoms with Crippen molar-refractivity contribution in [2.45, 2.75) is 77.3 Å². The standard InChI is InChI=1S/C36H39N5O4/c1-23(7-10-32(43)38-22-42)41-30-9-8-24(28-5-3-6-29(33(28)30)34(41)44)19-25-21-40(31-20-37-16-11-27(25)31)26-12-17-39(18-13-26)35(45)36(2)14-4-15-36/h3,5-6,8-9,11,16,20-23,26H,4,7,10,12-15,17-19H2,1-2H3,(H,38,42,43). The van der Waals surface area contributed by atoms with E-state index in [9.17, 15) is 19.2 Å². The molecule has 7 rings (SSSR count). The Morgan fingerprint density at radius 2 is 1.89 bits per heavy atom. The van der Waals surface area contributed by atoms with Gasteiger partial charge in [0.1, 0.15) is 0 Å². The Labute approximate surface area is 262 Å². The second-order valence-corrected chi connectivity index (χ2v) is 13.3. The van der Waals surface area contributed by atoms with Crippen molar-refractivity contribution < 1.29 is 19.2 Å². The first-order valence-corrected chi connectivity index (χ1v) is 16.1. The molecule has 2 aliphatic heterocycles. The number of benzene rings is 2. The Hall–Kier alpha value is -4.53. The van der Waals surface area contributed by atoms with Crippen LogP contribution in [0.5, 0.6) is 0 Å². The largest absolute Gasteiger partial charge is 0.343 e. The van der Waals surface area contributed by atoms with E-state index in [4.69, 9.17) is 0 Å². The van der Waals surface area contributed by atoms with Crippen LogP contribution in [0.2, 0.25) is 0 Å². The van der Waals surface area contributed by atoms with Crippen LogP contribution in [0.1, 0.15) is 86.3 Å². The highest BCUT2D eigenvalue weighted by molar-refractivity contribution is 6.25. The number of nitrogens with zero attached hydrogens (tertiary/aromatic N) is 4. The number of amides is 4. The number of anilines is 1. The van der Waals surface area contributed by atoms with Crippen molar-refractivity contribution in [2.75, 3.05) is 18.0 Å². The van der Waals surface area contributed by atoms with Crippen LogP contribution in [-0.4, -0.2) is 57.7 Å². The SMILES string of the molecule is CC(CCC(=O)NC=O)N1C(=O)c2cccc3c(Cc4cn(C5CCN(C(=O)C6(C)CCC6)CC5)c5cnccc45)ccc1c23. The van der Waals surface area contributed by atoms with Crippen molar-refractivity contribution in [1.82, 2.24) is 19.8 Å². The fraction of sp³-hybridized carbons (Fsp3) is 0.417. The Balaban J connectivity index is 1.15. The van der Waals surface area contributed by atoms with Crippen molar-refractivity contribution in [1.29, 1.82) is 0 Å². The van der Waals surface area contributed by atoms with Crippen molar-refractivity contribution >= 4 is 51.5 Å². The fourth-order valence-corrected chi connectivity index (χ4v) is 7.73. The molecule has 1 aliphatic carbocycles. The number of fused-ring (bicyclic) bond motifs is 1. The molecule has 1 unspecified atom stereocenters. The first kappa shape index (κ1) is 29.2. The molecule has 4 aromatic rings. The number of hydrogen-bond donors (Lipinski definition) is 1. The van der Waals surface area contributed by atoms with Gasteiger partial charge in [0.05, 0.1) is 17.4 Å². The quantitative estimate of drug-likeness (QED) is 0.253. The first-order chi connectivity index (χ1) is 21.8. The Bertz CT molecular complexity index is 1830. The summed E-state index contributed by atoms with van der Waals surface area (Å²) < 4.78 is 2.37. The maximum atomic E-state index is 13.6. The average molecular weight is 606 g/mol. The number of pyridine rings is 1. The minimum atomic E-state index is -0.349. The second-order valence-electron chi connectivity index (χ2n) is 13.3. The molecule has 3 aliphatic rings. The van der Waals surface area contributed by atoms with E-state index in [0.717, 1.165) is 72.7 Å². The van der Waals surface area contributed by atoms with E-state index in [0.29, 0.717) is 36.8 Å². The minimum absolute atomic E-state index is 0.0603. The molecule has 1 N–H and O–H groups in total. The number of rotatable bonds is 9. The molecular weight excluding hydrogens is 566 g/mol. The molecule has 2 aromatic heterocycles. The summed E-state index contributed by atoms with van der Waals surface area (Å²) in [6, 6.07) is 12.2. The Morgan fingerprint density at radius 3 is 2.62 bits per heavy atom. The molecular formula is C36H39N5O4. The molecule has 1 atom stereocenters. The number of hydrogen-bond acceptors (Lipinski definition) is 5. The van der Waals surface area contributed by atoms with Crippen LogP contribution in [0.4, 0.5) is 5.69 Å². The second kappa shape index (κ2) is 11.4. The number of aromatic nitrogens is 2. The molecule has 9 heteroatoms. The van der Waals surface area contributed by atoms with E-state index in [-0.39, 0.29) is 29.7 Å². The number of likely N-dealkylation sites (tertiary alicyclic amines) is 1. The highest BCUT2D eigenvalue weighted by Gasteiger charge is 2.42. The third kappa shape index (κ3) is 4.98. The van der Waals surface area contributed by atoms with Crippen LogP contribution >= 0.6 is 0 Å². The van der Waals surface area contributed by atoms with Crippen molar-refractivity contribution in [2.24, 2.45) is 5.41 Å². The van der Waals surface area contributed by atoms with E-state index < -0.39 is 0 Å². The number of piperidine rings is 1.